The summed E-state index contributed by atoms with van der Waals surface area (Å²) in [6, 6.07) is 0.245. The van der Waals surface area contributed by atoms with Crippen LogP contribution in [0.3, 0.4) is 0 Å². The lowest BCUT2D eigenvalue weighted by molar-refractivity contribution is 0.0795. The summed E-state index contributed by atoms with van der Waals surface area (Å²) < 4.78 is 5.17. The van der Waals surface area contributed by atoms with Crippen LogP contribution >= 0.6 is 0 Å². The normalized spacial score (nSPS) is 15.6. The van der Waals surface area contributed by atoms with Crippen LogP contribution in [0.2, 0.25) is 0 Å². The van der Waals surface area contributed by atoms with Crippen molar-refractivity contribution in [2.24, 2.45) is 5.84 Å². The summed E-state index contributed by atoms with van der Waals surface area (Å²) in [5.41, 5.74) is 2.75. The first-order valence-electron chi connectivity index (χ1n) is 4.36. The highest BCUT2D eigenvalue weighted by atomic mass is 16.5. The molecule has 3 heteroatoms. The number of nitrogens with one attached hydrogen (secondary N) is 1. The zero-order chi connectivity index (χ0) is 9.40. The average molecular weight is 172 g/mol. The lowest BCUT2D eigenvalue weighted by atomic mass is 10.1. The third-order valence-corrected chi connectivity index (χ3v) is 2.08. The molecule has 3 nitrogen and oxygen atoms in total. The predicted octanol–water partition coefficient (Wildman–Crippen LogP) is 1.21. The van der Waals surface area contributed by atoms with E-state index >= 15 is 0 Å². The SMILES string of the molecule is C=CCCCC(NN)C(C)OC. The summed E-state index contributed by atoms with van der Waals surface area (Å²) in [5.74, 6) is 5.38. The van der Waals surface area contributed by atoms with E-state index in [0.29, 0.717) is 0 Å². The van der Waals surface area contributed by atoms with Gasteiger partial charge in [-0.05, 0) is 26.2 Å². The number of unbranched alkanes of at least 4 members (excludes halogenated alkanes) is 1. The minimum Gasteiger partial charge on any atom is -0.380 e. The van der Waals surface area contributed by atoms with Crippen molar-refractivity contribution in [1.29, 1.82) is 0 Å². The van der Waals surface area contributed by atoms with E-state index in [9.17, 15) is 0 Å². The van der Waals surface area contributed by atoms with Crippen molar-refractivity contribution in [2.45, 2.75) is 38.3 Å². The van der Waals surface area contributed by atoms with Crippen LogP contribution in [0.4, 0.5) is 0 Å². The molecule has 72 valence electrons. The number of hydrazine groups is 1. The molecule has 0 aliphatic rings. The van der Waals surface area contributed by atoms with Crippen molar-refractivity contribution in [1.82, 2.24) is 5.43 Å². The molecular formula is C9H20N2O. The Morgan fingerprint density at radius 1 is 1.67 bits per heavy atom. The molecule has 0 radical (unpaired) electrons. The molecule has 0 aliphatic carbocycles. The van der Waals surface area contributed by atoms with Crippen molar-refractivity contribution in [2.75, 3.05) is 7.11 Å². The van der Waals surface area contributed by atoms with Crippen LogP contribution in [0.15, 0.2) is 12.7 Å². The molecule has 0 aromatic heterocycles. The van der Waals surface area contributed by atoms with Gasteiger partial charge < -0.3 is 4.74 Å². The molecule has 12 heavy (non-hydrogen) atoms. The zero-order valence-corrected chi connectivity index (χ0v) is 8.05. The lowest BCUT2D eigenvalue weighted by Gasteiger charge is -2.21. The quantitative estimate of drug-likeness (QED) is 0.263. The molecule has 0 amide bonds. The molecule has 0 bridgehead atoms. The van der Waals surface area contributed by atoms with Gasteiger partial charge >= 0.3 is 0 Å². The van der Waals surface area contributed by atoms with Crippen molar-refractivity contribution in [3.8, 4) is 0 Å². The minimum atomic E-state index is 0.166. The van der Waals surface area contributed by atoms with Crippen LogP contribution in [0, 0.1) is 0 Å². The summed E-state index contributed by atoms with van der Waals surface area (Å²) in [7, 11) is 1.70. The second-order valence-corrected chi connectivity index (χ2v) is 2.93. The Bertz CT molecular complexity index is 117. The van der Waals surface area contributed by atoms with Gasteiger partial charge in [-0.25, -0.2) is 0 Å². The summed E-state index contributed by atoms with van der Waals surface area (Å²) >= 11 is 0. The molecule has 0 rings (SSSR count). The molecule has 0 saturated carbocycles. The van der Waals surface area contributed by atoms with E-state index in [0.717, 1.165) is 19.3 Å². The van der Waals surface area contributed by atoms with Gasteiger partial charge in [-0.15, -0.1) is 6.58 Å². The molecule has 0 aromatic carbocycles. The number of ether oxygens (including phenoxy) is 1. The molecule has 0 aromatic rings. The van der Waals surface area contributed by atoms with E-state index in [1.165, 1.54) is 0 Å². The largest absolute Gasteiger partial charge is 0.380 e. The van der Waals surface area contributed by atoms with Crippen molar-refractivity contribution < 1.29 is 4.74 Å². The Hall–Kier alpha value is -0.380. The van der Waals surface area contributed by atoms with Crippen LogP contribution in [0.1, 0.15) is 26.2 Å². The number of allylic oxidation sites excluding steroid dienone is 1. The Morgan fingerprint density at radius 3 is 2.75 bits per heavy atom. The van der Waals surface area contributed by atoms with Gasteiger partial charge in [0.2, 0.25) is 0 Å². The lowest BCUT2D eigenvalue weighted by Crippen LogP contribution is -2.43. The van der Waals surface area contributed by atoms with Gasteiger partial charge in [-0.2, -0.15) is 0 Å². The van der Waals surface area contributed by atoms with Gasteiger partial charge in [0.25, 0.3) is 0 Å². The number of nitrogens with two attached hydrogens (primary N) is 1. The number of methoxy groups -OCH3 is 1. The van der Waals surface area contributed by atoms with E-state index in [1.807, 2.05) is 13.0 Å². The first-order valence-corrected chi connectivity index (χ1v) is 4.36. The van der Waals surface area contributed by atoms with E-state index in [-0.39, 0.29) is 12.1 Å². The average Bonchev–Trinajstić information content (AvgIpc) is 2.11. The first-order chi connectivity index (χ1) is 5.76. The van der Waals surface area contributed by atoms with Gasteiger partial charge in [-0.1, -0.05) is 6.08 Å². The summed E-state index contributed by atoms with van der Waals surface area (Å²) in [4.78, 5) is 0. The van der Waals surface area contributed by atoms with E-state index in [2.05, 4.69) is 12.0 Å². The Labute approximate surface area is 74.9 Å². The molecule has 0 aliphatic heterocycles. The van der Waals surface area contributed by atoms with Gasteiger partial charge in [0, 0.05) is 13.2 Å². The molecule has 0 spiro atoms. The first kappa shape index (κ1) is 11.6. The maximum Gasteiger partial charge on any atom is 0.0709 e. The molecule has 0 fully saturated rings. The van der Waals surface area contributed by atoms with E-state index < -0.39 is 0 Å². The highest BCUT2D eigenvalue weighted by Crippen LogP contribution is 2.06. The van der Waals surface area contributed by atoms with Gasteiger partial charge in [0.1, 0.15) is 0 Å². The number of hydrogen-bond donors (Lipinski definition) is 2. The molecule has 3 N–H and O–H groups in total. The fourth-order valence-corrected chi connectivity index (χ4v) is 1.10. The fourth-order valence-electron chi connectivity index (χ4n) is 1.10. The molecule has 0 saturated heterocycles. The van der Waals surface area contributed by atoms with Crippen LogP contribution in [-0.4, -0.2) is 19.3 Å². The summed E-state index contributed by atoms with van der Waals surface area (Å²) in [6.07, 6.45) is 5.25. The topological polar surface area (TPSA) is 47.3 Å². The summed E-state index contributed by atoms with van der Waals surface area (Å²) in [6.45, 7) is 5.68. The molecular weight excluding hydrogens is 152 g/mol. The van der Waals surface area contributed by atoms with Crippen molar-refractivity contribution in [3.63, 3.8) is 0 Å². The third kappa shape index (κ3) is 4.49. The van der Waals surface area contributed by atoms with Crippen LogP contribution in [-0.2, 0) is 4.74 Å². The highest BCUT2D eigenvalue weighted by molar-refractivity contribution is 4.73. The number of rotatable bonds is 7. The van der Waals surface area contributed by atoms with Crippen LogP contribution in [0.25, 0.3) is 0 Å². The Balaban J connectivity index is 3.58. The highest BCUT2D eigenvalue weighted by Gasteiger charge is 2.13. The Kier molecular flexibility index (Phi) is 7.05. The van der Waals surface area contributed by atoms with Gasteiger partial charge in [0.15, 0.2) is 0 Å². The summed E-state index contributed by atoms with van der Waals surface area (Å²) in [5, 5.41) is 0. The second-order valence-electron chi connectivity index (χ2n) is 2.93. The monoisotopic (exact) mass is 172 g/mol. The predicted molar refractivity (Wildman–Crippen MR) is 51.6 cm³/mol. The van der Waals surface area contributed by atoms with E-state index in [1.54, 1.807) is 7.11 Å². The molecule has 0 heterocycles. The molecule has 2 atom stereocenters. The Morgan fingerprint density at radius 2 is 2.33 bits per heavy atom. The van der Waals surface area contributed by atoms with Crippen molar-refractivity contribution in [3.05, 3.63) is 12.7 Å². The van der Waals surface area contributed by atoms with E-state index in [4.69, 9.17) is 10.6 Å². The maximum absolute atomic E-state index is 5.38. The van der Waals surface area contributed by atoms with Crippen molar-refractivity contribution >= 4 is 0 Å². The fraction of sp³-hybridized carbons (Fsp3) is 0.778. The van der Waals surface area contributed by atoms with Gasteiger partial charge in [-0.3, -0.25) is 11.3 Å². The maximum atomic E-state index is 5.38. The van der Waals surface area contributed by atoms with Crippen LogP contribution in [0.5, 0.6) is 0 Å². The standard InChI is InChI=1S/C9H20N2O/c1-4-5-6-7-9(11-10)8(2)12-3/h4,8-9,11H,1,5-7,10H2,2-3H3. The van der Waals surface area contributed by atoms with Gasteiger partial charge in [0.05, 0.1) is 6.10 Å². The zero-order valence-electron chi connectivity index (χ0n) is 8.05. The number of hydrogen-bond acceptors (Lipinski definition) is 3. The molecule has 2 unspecified atom stereocenters. The smallest absolute Gasteiger partial charge is 0.0709 e. The van der Waals surface area contributed by atoms with Crippen LogP contribution < -0.4 is 11.3 Å². The second kappa shape index (κ2) is 7.28. The minimum absolute atomic E-state index is 0.166. The third-order valence-electron chi connectivity index (χ3n) is 2.08.